The van der Waals surface area contributed by atoms with Crippen molar-refractivity contribution in [1.29, 1.82) is 0 Å². The summed E-state index contributed by atoms with van der Waals surface area (Å²) in [5, 5.41) is 16.6. The monoisotopic (exact) mass is 275 g/mol. The van der Waals surface area contributed by atoms with E-state index >= 15 is 0 Å². The molecule has 0 aliphatic rings. The minimum atomic E-state index is -0.0866. The first-order valence-corrected chi connectivity index (χ1v) is 6.83. The Balaban J connectivity index is 1.89. The topological polar surface area (TPSA) is 60.2 Å². The van der Waals surface area contributed by atoms with Gasteiger partial charge in [-0.1, -0.05) is 25.1 Å². The van der Waals surface area contributed by atoms with Gasteiger partial charge in [-0.05, 0) is 36.1 Å². The summed E-state index contributed by atoms with van der Waals surface area (Å²) in [7, 11) is 0. The molecule has 2 rings (SSSR count). The van der Waals surface area contributed by atoms with Crippen LogP contribution in [0.3, 0.4) is 0 Å². The molecule has 0 fully saturated rings. The molecule has 0 radical (unpaired) electrons. The van der Waals surface area contributed by atoms with Gasteiger partial charge in [0.2, 0.25) is 0 Å². The van der Waals surface area contributed by atoms with E-state index in [0.717, 1.165) is 5.75 Å². The fraction of sp³-hybridized carbons (Fsp3) is 0.467. The van der Waals surface area contributed by atoms with Gasteiger partial charge in [-0.2, -0.15) is 0 Å². The molecule has 0 amide bonds. The second-order valence-electron chi connectivity index (χ2n) is 5.15. The van der Waals surface area contributed by atoms with Gasteiger partial charge >= 0.3 is 0 Å². The molecule has 0 unspecified atom stereocenters. The minimum absolute atomic E-state index is 0.0866. The summed E-state index contributed by atoms with van der Waals surface area (Å²) in [5.74, 6) is 1.39. The molecule has 108 valence electrons. The highest BCUT2D eigenvalue weighted by atomic mass is 16.5. The number of hydrogen-bond acceptors (Lipinski definition) is 4. The van der Waals surface area contributed by atoms with Crippen molar-refractivity contribution in [1.82, 2.24) is 15.0 Å². The van der Waals surface area contributed by atoms with E-state index in [0.29, 0.717) is 24.8 Å². The number of hydrogen-bond donors (Lipinski definition) is 1. The molecule has 5 heteroatoms. The summed E-state index contributed by atoms with van der Waals surface area (Å²) in [6.45, 7) is 7.52. The molecule has 5 nitrogen and oxygen atoms in total. The van der Waals surface area contributed by atoms with Crippen LogP contribution in [0.4, 0.5) is 0 Å². The maximum atomic E-state index is 8.91. The number of aliphatic hydroxyl groups excluding tert-OH is 1. The van der Waals surface area contributed by atoms with E-state index in [4.69, 9.17) is 9.84 Å². The summed E-state index contributed by atoms with van der Waals surface area (Å²) < 4.78 is 7.38. The molecule has 1 N–H and O–H groups in total. The summed E-state index contributed by atoms with van der Waals surface area (Å²) >= 11 is 0. The Bertz CT molecular complexity index is 564. The molecule has 20 heavy (non-hydrogen) atoms. The molecule has 0 spiro atoms. The van der Waals surface area contributed by atoms with Crippen molar-refractivity contribution in [3.8, 4) is 5.75 Å². The zero-order chi connectivity index (χ0) is 14.5. The van der Waals surface area contributed by atoms with Gasteiger partial charge in [-0.3, -0.25) is 0 Å². The van der Waals surface area contributed by atoms with Crippen LogP contribution in [-0.4, -0.2) is 26.7 Å². The van der Waals surface area contributed by atoms with Gasteiger partial charge in [0, 0.05) is 0 Å². The number of rotatable bonds is 6. The SMILES string of the molecule is Cc1cc(OCCn2cc(CO)nn2)ccc1C(C)C. The van der Waals surface area contributed by atoms with Gasteiger partial charge in [0.05, 0.1) is 19.3 Å². The van der Waals surface area contributed by atoms with Crippen LogP contribution in [-0.2, 0) is 13.2 Å². The highest BCUT2D eigenvalue weighted by molar-refractivity contribution is 5.36. The van der Waals surface area contributed by atoms with E-state index in [2.05, 4.69) is 43.2 Å². The number of nitrogens with zero attached hydrogens (tertiary/aromatic N) is 3. The predicted octanol–water partition coefficient (Wildman–Crippen LogP) is 2.28. The van der Waals surface area contributed by atoms with Crippen LogP contribution in [0.15, 0.2) is 24.4 Å². The Morgan fingerprint density at radius 1 is 1.35 bits per heavy atom. The smallest absolute Gasteiger partial charge is 0.119 e. The van der Waals surface area contributed by atoms with Gasteiger partial charge in [-0.15, -0.1) is 5.10 Å². The van der Waals surface area contributed by atoms with Crippen molar-refractivity contribution < 1.29 is 9.84 Å². The van der Waals surface area contributed by atoms with E-state index in [9.17, 15) is 0 Å². The number of aliphatic hydroxyl groups is 1. The number of ether oxygens (including phenoxy) is 1. The summed E-state index contributed by atoms with van der Waals surface area (Å²) in [4.78, 5) is 0. The molecule has 0 aliphatic heterocycles. The zero-order valence-corrected chi connectivity index (χ0v) is 12.2. The molecule has 0 atom stereocenters. The maximum Gasteiger partial charge on any atom is 0.119 e. The number of aromatic nitrogens is 3. The highest BCUT2D eigenvalue weighted by Crippen LogP contribution is 2.23. The first-order valence-electron chi connectivity index (χ1n) is 6.83. The Kier molecular flexibility index (Phi) is 4.74. The van der Waals surface area contributed by atoms with Crippen LogP contribution >= 0.6 is 0 Å². The summed E-state index contributed by atoms with van der Waals surface area (Å²) in [6, 6.07) is 6.19. The lowest BCUT2D eigenvalue weighted by atomic mass is 9.98. The second-order valence-corrected chi connectivity index (χ2v) is 5.15. The van der Waals surface area contributed by atoms with Crippen molar-refractivity contribution in [3.05, 3.63) is 41.2 Å². The Morgan fingerprint density at radius 3 is 2.75 bits per heavy atom. The van der Waals surface area contributed by atoms with E-state index < -0.39 is 0 Å². The minimum Gasteiger partial charge on any atom is -0.492 e. The van der Waals surface area contributed by atoms with Gasteiger partial charge in [0.1, 0.15) is 18.1 Å². The first kappa shape index (κ1) is 14.5. The largest absolute Gasteiger partial charge is 0.492 e. The Morgan fingerprint density at radius 2 is 2.15 bits per heavy atom. The van der Waals surface area contributed by atoms with Gasteiger partial charge in [0.25, 0.3) is 0 Å². The quantitative estimate of drug-likeness (QED) is 0.878. The van der Waals surface area contributed by atoms with Crippen molar-refractivity contribution in [2.45, 2.75) is 39.8 Å². The molecular weight excluding hydrogens is 254 g/mol. The molecule has 1 aromatic heterocycles. The van der Waals surface area contributed by atoms with Crippen molar-refractivity contribution >= 4 is 0 Å². The lowest BCUT2D eigenvalue weighted by Gasteiger charge is -2.12. The van der Waals surface area contributed by atoms with E-state index in [1.165, 1.54) is 11.1 Å². The number of aryl methyl sites for hydroxylation is 1. The molecule has 0 bridgehead atoms. The lowest BCUT2D eigenvalue weighted by molar-refractivity contribution is 0.276. The van der Waals surface area contributed by atoms with E-state index in [-0.39, 0.29) is 6.61 Å². The van der Waals surface area contributed by atoms with Crippen molar-refractivity contribution in [3.63, 3.8) is 0 Å². The summed E-state index contributed by atoms with van der Waals surface area (Å²) in [5.41, 5.74) is 3.17. The second kappa shape index (κ2) is 6.52. The Labute approximate surface area is 119 Å². The number of benzene rings is 1. The molecule has 1 aromatic carbocycles. The lowest BCUT2D eigenvalue weighted by Crippen LogP contribution is -2.09. The van der Waals surface area contributed by atoms with Crippen LogP contribution in [0.5, 0.6) is 5.75 Å². The first-order chi connectivity index (χ1) is 9.60. The van der Waals surface area contributed by atoms with Crippen molar-refractivity contribution in [2.75, 3.05) is 6.61 Å². The molecule has 0 saturated heterocycles. The van der Waals surface area contributed by atoms with Crippen LogP contribution in [0.2, 0.25) is 0 Å². The van der Waals surface area contributed by atoms with E-state index in [1.807, 2.05) is 6.07 Å². The van der Waals surface area contributed by atoms with Gasteiger partial charge < -0.3 is 9.84 Å². The average molecular weight is 275 g/mol. The van der Waals surface area contributed by atoms with Gasteiger partial charge in [-0.25, -0.2) is 4.68 Å². The molecule has 0 aliphatic carbocycles. The van der Waals surface area contributed by atoms with Crippen molar-refractivity contribution in [2.24, 2.45) is 0 Å². The molecule has 2 aromatic rings. The van der Waals surface area contributed by atoms with Crippen LogP contribution < -0.4 is 4.74 Å². The molecule has 1 heterocycles. The highest BCUT2D eigenvalue weighted by Gasteiger charge is 2.05. The van der Waals surface area contributed by atoms with Gasteiger partial charge in [0.15, 0.2) is 0 Å². The average Bonchev–Trinajstić information content (AvgIpc) is 2.86. The van der Waals surface area contributed by atoms with Crippen LogP contribution in [0, 0.1) is 6.92 Å². The predicted molar refractivity (Wildman–Crippen MR) is 76.7 cm³/mol. The fourth-order valence-electron chi connectivity index (χ4n) is 2.16. The standard InChI is InChI=1S/C15H21N3O2/c1-11(2)15-5-4-14(8-12(15)3)20-7-6-18-9-13(10-19)16-17-18/h4-5,8-9,11,19H,6-7,10H2,1-3H3. The zero-order valence-electron chi connectivity index (χ0n) is 12.2. The van der Waals surface area contributed by atoms with Crippen LogP contribution in [0.25, 0.3) is 0 Å². The maximum absolute atomic E-state index is 8.91. The fourth-order valence-corrected chi connectivity index (χ4v) is 2.16. The third kappa shape index (κ3) is 3.57. The third-order valence-electron chi connectivity index (χ3n) is 3.20. The van der Waals surface area contributed by atoms with Crippen LogP contribution in [0.1, 0.15) is 36.6 Å². The molecular formula is C15H21N3O2. The van der Waals surface area contributed by atoms with E-state index in [1.54, 1.807) is 10.9 Å². The summed E-state index contributed by atoms with van der Waals surface area (Å²) in [6.07, 6.45) is 1.72. The normalized spacial score (nSPS) is 11.1. The third-order valence-corrected chi connectivity index (χ3v) is 3.20. The Hall–Kier alpha value is -1.88. The molecule has 0 saturated carbocycles.